The van der Waals surface area contributed by atoms with Gasteiger partial charge < -0.3 is 10.1 Å². The molecule has 0 amide bonds. The summed E-state index contributed by atoms with van der Waals surface area (Å²) in [6.45, 7) is 8.65. The molecule has 2 heteroatoms. The molecule has 21 heavy (non-hydrogen) atoms. The fraction of sp³-hybridized carbons (Fsp3) is 0.684. The number of aryl methyl sites for hydroxylation is 1. The fourth-order valence-corrected chi connectivity index (χ4v) is 3.25. The third-order valence-corrected chi connectivity index (χ3v) is 4.69. The maximum Gasteiger partial charge on any atom is 0.127 e. The molecule has 0 heterocycles. The lowest BCUT2D eigenvalue weighted by atomic mass is 9.86. The Bertz CT molecular complexity index is 422. The van der Waals surface area contributed by atoms with Gasteiger partial charge in [0.05, 0.1) is 6.10 Å². The van der Waals surface area contributed by atoms with Crippen molar-refractivity contribution in [1.82, 2.24) is 5.32 Å². The highest BCUT2D eigenvalue weighted by atomic mass is 16.5. The lowest BCUT2D eigenvalue weighted by Crippen LogP contribution is -2.25. The Morgan fingerprint density at radius 1 is 1.14 bits per heavy atom. The van der Waals surface area contributed by atoms with E-state index < -0.39 is 0 Å². The molecule has 0 bridgehead atoms. The molecule has 0 atom stereocenters. The highest BCUT2D eigenvalue weighted by Crippen LogP contribution is 2.32. The Balaban J connectivity index is 1.98. The Morgan fingerprint density at radius 2 is 1.90 bits per heavy atom. The van der Waals surface area contributed by atoms with E-state index in [1.165, 1.54) is 49.7 Å². The van der Waals surface area contributed by atoms with E-state index in [0.717, 1.165) is 24.8 Å². The van der Waals surface area contributed by atoms with E-state index in [1.807, 2.05) is 0 Å². The van der Waals surface area contributed by atoms with Crippen LogP contribution in [0.5, 0.6) is 5.75 Å². The van der Waals surface area contributed by atoms with Gasteiger partial charge >= 0.3 is 0 Å². The van der Waals surface area contributed by atoms with E-state index in [2.05, 4.69) is 44.3 Å². The molecule has 1 aromatic rings. The monoisotopic (exact) mass is 289 g/mol. The summed E-state index contributed by atoms with van der Waals surface area (Å²) in [6, 6.07) is 6.50. The van der Waals surface area contributed by atoms with Gasteiger partial charge in [-0.05, 0) is 57.1 Å². The van der Waals surface area contributed by atoms with Crippen LogP contribution in [0, 0.1) is 12.8 Å². The first kappa shape index (κ1) is 16.4. The molecule has 118 valence electrons. The topological polar surface area (TPSA) is 21.3 Å². The molecular formula is C19H31NO. The summed E-state index contributed by atoms with van der Waals surface area (Å²) < 4.78 is 6.40. The van der Waals surface area contributed by atoms with Gasteiger partial charge in [-0.2, -0.15) is 0 Å². The number of hydrogen-bond acceptors (Lipinski definition) is 2. The zero-order valence-corrected chi connectivity index (χ0v) is 14.0. The minimum atomic E-state index is 0.416. The summed E-state index contributed by atoms with van der Waals surface area (Å²) in [6.07, 6.45) is 8.00. The maximum atomic E-state index is 6.40. The van der Waals surface area contributed by atoms with Crippen LogP contribution in [0.1, 0.15) is 63.5 Å². The highest BCUT2D eigenvalue weighted by molar-refractivity contribution is 5.40. The standard InChI is InChI=1S/C19H31NO/c1-4-13-20-14-17-8-6-7-15(3)19(17)21-18-11-9-16(5-2)10-12-18/h6-8,16,18,20H,4-5,9-14H2,1-3H3. The van der Waals surface area contributed by atoms with E-state index in [1.54, 1.807) is 0 Å². The number of nitrogens with one attached hydrogen (secondary N) is 1. The summed E-state index contributed by atoms with van der Waals surface area (Å²) >= 11 is 0. The van der Waals surface area contributed by atoms with Gasteiger partial charge in [-0.25, -0.2) is 0 Å². The van der Waals surface area contributed by atoms with E-state index in [4.69, 9.17) is 4.74 Å². The van der Waals surface area contributed by atoms with Gasteiger partial charge in [0.15, 0.2) is 0 Å². The van der Waals surface area contributed by atoms with E-state index in [9.17, 15) is 0 Å². The van der Waals surface area contributed by atoms with Crippen LogP contribution in [0.25, 0.3) is 0 Å². The molecule has 0 unspecified atom stereocenters. The van der Waals surface area contributed by atoms with Crippen molar-refractivity contribution in [3.8, 4) is 5.75 Å². The predicted octanol–water partition coefficient (Wildman–Crippen LogP) is 4.84. The normalized spacial score (nSPS) is 22.2. The van der Waals surface area contributed by atoms with Crippen molar-refractivity contribution >= 4 is 0 Å². The minimum absolute atomic E-state index is 0.416. The molecule has 1 aliphatic carbocycles. The van der Waals surface area contributed by atoms with Gasteiger partial charge in [-0.3, -0.25) is 0 Å². The maximum absolute atomic E-state index is 6.40. The summed E-state index contributed by atoms with van der Waals surface area (Å²) in [4.78, 5) is 0. The number of rotatable bonds is 7. The van der Waals surface area contributed by atoms with Crippen molar-refractivity contribution in [2.75, 3.05) is 6.54 Å². The molecular weight excluding hydrogens is 258 g/mol. The molecule has 0 spiro atoms. The Hall–Kier alpha value is -1.02. The quantitative estimate of drug-likeness (QED) is 0.725. The summed E-state index contributed by atoms with van der Waals surface area (Å²) in [5.41, 5.74) is 2.57. The first-order valence-electron chi connectivity index (χ1n) is 8.70. The van der Waals surface area contributed by atoms with E-state index in [-0.39, 0.29) is 0 Å². The largest absolute Gasteiger partial charge is 0.490 e. The van der Waals surface area contributed by atoms with Crippen molar-refractivity contribution in [3.63, 3.8) is 0 Å². The second kappa shape index (κ2) is 8.43. The van der Waals surface area contributed by atoms with Crippen molar-refractivity contribution in [3.05, 3.63) is 29.3 Å². The van der Waals surface area contributed by atoms with Crippen molar-refractivity contribution in [2.45, 2.75) is 71.9 Å². The second-order valence-corrected chi connectivity index (χ2v) is 6.41. The third-order valence-electron chi connectivity index (χ3n) is 4.69. The van der Waals surface area contributed by atoms with Crippen LogP contribution < -0.4 is 10.1 Å². The van der Waals surface area contributed by atoms with Crippen molar-refractivity contribution in [1.29, 1.82) is 0 Å². The summed E-state index contributed by atoms with van der Waals surface area (Å²) in [7, 11) is 0. The Morgan fingerprint density at radius 3 is 2.57 bits per heavy atom. The molecule has 0 saturated heterocycles. The van der Waals surface area contributed by atoms with Gasteiger partial charge in [0.2, 0.25) is 0 Å². The van der Waals surface area contributed by atoms with Crippen LogP contribution in [0.4, 0.5) is 0 Å². The lowest BCUT2D eigenvalue weighted by Gasteiger charge is -2.29. The Kier molecular flexibility index (Phi) is 6.56. The molecule has 2 rings (SSSR count). The molecule has 1 aromatic carbocycles. The molecule has 1 N–H and O–H groups in total. The summed E-state index contributed by atoms with van der Waals surface area (Å²) in [5, 5.41) is 3.49. The zero-order chi connectivity index (χ0) is 15.1. The summed E-state index contributed by atoms with van der Waals surface area (Å²) in [5.74, 6) is 2.05. The Labute approximate surface area is 130 Å². The van der Waals surface area contributed by atoms with Gasteiger partial charge in [-0.15, -0.1) is 0 Å². The van der Waals surface area contributed by atoms with Gasteiger partial charge in [0.25, 0.3) is 0 Å². The number of para-hydroxylation sites is 1. The van der Waals surface area contributed by atoms with Gasteiger partial charge in [0, 0.05) is 12.1 Å². The molecule has 1 saturated carbocycles. The fourth-order valence-electron chi connectivity index (χ4n) is 3.25. The molecule has 2 nitrogen and oxygen atoms in total. The molecule has 1 aliphatic rings. The van der Waals surface area contributed by atoms with Crippen LogP contribution in [0.15, 0.2) is 18.2 Å². The first-order chi connectivity index (χ1) is 10.2. The first-order valence-corrected chi connectivity index (χ1v) is 8.70. The van der Waals surface area contributed by atoms with Crippen LogP contribution in [-0.4, -0.2) is 12.6 Å². The SMILES string of the molecule is CCCNCc1cccc(C)c1OC1CCC(CC)CC1. The second-order valence-electron chi connectivity index (χ2n) is 6.41. The third kappa shape index (κ3) is 4.74. The molecule has 0 aliphatic heterocycles. The predicted molar refractivity (Wildman–Crippen MR) is 89.8 cm³/mol. The lowest BCUT2D eigenvalue weighted by molar-refractivity contribution is 0.128. The average molecular weight is 289 g/mol. The van der Waals surface area contributed by atoms with Crippen LogP contribution >= 0.6 is 0 Å². The number of benzene rings is 1. The van der Waals surface area contributed by atoms with Crippen LogP contribution in [0.2, 0.25) is 0 Å². The molecule has 0 aromatic heterocycles. The molecule has 0 radical (unpaired) electrons. The smallest absolute Gasteiger partial charge is 0.127 e. The average Bonchev–Trinajstić information content (AvgIpc) is 2.51. The highest BCUT2D eigenvalue weighted by Gasteiger charge is 2.22. The minimum Gasteiger partial charge on any atom is -0.490 e. The van der Waals surface area contributed by atoms with Crippen LogP contribution in [-0.2, 0) is 6.54 Å². The zero-order valence-electron chi connectivity index (χ0n) is 14.0. The van der Waals surface area contributed by atoms with Crippen molar-refractivity contribution in [2.24, 2.45) is 5.92 Å². The van der Waals surface area contributed by atoms with Gasteiger partial charge in [0.1, 0.15) is 5.75 Å². The van der Waals surface area contributed by atoms with E-state index in [0.29, 0.717) is 6.10 Å². The van der Waals surface area contributed by atoms with E-state index >= 15 is 0 Å². The number of hydrogen-bond donors (Lipinski definition) is 1. The van der Waals surface area contributed by atoms with Crippen LogP contribution in [0.3, 0.4) is 0 Å². The van der Waals surface area contributed by atoms with Gasteiger partial charge in [-0.1, -0.05) is 38.5 Å². The number of ether oxygens (including phenoxy) is 1. The molecule has 1 fully saturated rings. The van der Waals surface area contributed by atoms with Crippen molar-refractivity contribution < 1.29 is 4.74 Å².